The lowest BCUT2D eigenvalue weighted by Gasteiger charge is -2.12. The van der Waals surface area contributed by atoms with E-state index in [2.05, 4.69) is 16.2 Å². The molecule has 0 atom stereocenters. The zero-order valence-electron chi connectivity index (χ0n) is 10.2. The number of nitrogens with one attached hydrogen (secondary N) is 1. The highest BCUT2D eigenvalue weighted by Crippen LogP contribution is 2.26. The zero-order valence-corrected chi connectivity index (χ0v) is 11.0. The van der Waals surface area contributed by atoms with Gasteiger partial charge >= 0.3 is 0 Å². The van der Waals surface area contributed by atoms with Gasteiger partial charge in [0.2, 0.25) is 0 Å². The van der Waals surface area contributed by atoms with E-state index in [9.17, 15) is 4.79 Å². The summed E-state index contributed by atoms with van der Waals surface area (Å²) in [4.78, 5) is 17.9. The monoisotopic (exact) mass is 252 g/mol. The Balaban J connectivity index is 2.88. The molecule has 0 fully saturated rings. The molecule has 6 heteroatoms. The van der Waals surface area contributed by atoms with E-state index < -0.39 is 0 Å². The van der Waals surface area contributed by atoms with E-state index in [1.165, 1.54) is 16.2 Å². The minimum absolute atomic E-state index is 0.199. The van der Waals surface area contributed by atoms with Crippen molar-refractivity contribution in [1.82, 2.24) is 9.88 Å². The first kappa shape index (κ1) is 13.3. The standard InChI is InChI=1S/C11H16N4OS/c1-5-6-15(4)10(16)8-9(12)14-11(17-8)13-7(2)3/h1,7H,6,12H2,2-4H3,(H,13,14). The van der Waals surface area contributed by atoms with Crippen molar-refractivity contribution < 1.29 is 4.79 Å². The first-order chi connectivity index (χ1) is 7.95. The number of carbonyl (C=O) groups excluding carboxylic acids is 1. The van der Waals surface area contributed by atoms with Crippen LogP contribution in [0.15, 0.2) is 0 Å². The van der Waals surface area contributed by atoms with Gasteiger partial charge in [-0.2, -0.15) is 0 Å². The second kappa shape index (κ2) is 5.55. The number of terminal acetylenes is 1. The molecule has 0 saturated carbocycles. The summed E-state index contributed by atoms with van der Waals surface area (Å²) in [6.07, 6.45) is 5.15. The molecule has 0 saturated heterocycles. The topological polar surface area (TPSA) is 71.2 Å². The van der Waals surface area contributed by atoms with E-state index >= 15 is 0 Å². The smallest absolute Gasteiger partial charge is 0.268 e. The van der Waals surface area contributed by atoms with Crippen LogP contribution in [-0.2, 0) is 0 Å². The fraction of sp³-hybridized carbons (Fsp3) is 0.455. The number of nitrogens with zero attached hydrogens (tertiary/aromatic N) is 2. The molecule has 0 radical (unpaired) electrons. The number of hydrogen-bond donors (Lipinski definition) is 2. The second-order valence-corrected chi connectivity index (χ2v) is 4.90. The van der Waals surface area contributed by atoms with Crippen LogP contribution in [-0.4, -0.2) is 35.4 Å². The first-order valence-electron chi connectivity index (χ1n) is 5.17. The number of carbonyl (C=O) groups is 1. The molecule has 0 spiro atoms. The molecule has 0 aromatic carbocycles. The van der Waals surface area contributed by atoms with Gasteiger partial charge in [0, 0.05) is 13.1 Å². The highest BCUT2D eigenvalue weighted by Gasteiger charge is 2.19. The molecule has 3 N–H and O–H groups in total. The lowest BCUT2D eigenvalue weighted by molar-refractivity contribution is 0.0818. The Labute approximate surface area is 105 Å². The number of aromatic nitrogens is 1. The quantitative estimate of drug-likeness (QED) is 0.791. The lowest BCUT2D eigenvalue weighted by atomic mass is 10.4. The molecule has 0 aliphatic carbocycles. The van der Waals surface area contributed by atoms with Crippen LogP contribution in [0.5, 0.6) is 0 Å². The SMILES string of the molecule is C#CCN(C)C(=O)c1sc(NC(C)C)nc1N. The predicted octanol–water partition coefficient (Wildman–Crippen LogP) is 1.25. The third-order valence-corrected chi connectivity index (χ3v) is 2.93. The first-order valence-corrected chi connectivity index (χ1v) is 5.99. The van der Waals surface area contributed by atoms with Crippen LogP contribution in [0.25, 0.3) is 0 Å². The third-order valence-electron chi connectivity index (χ3n) is 1.93. The van der Waals surface area contributed by atoms with E-state index in [0.717, 1.165) is 0 Å². The molecular weight excluding hydrogens is 236 g/mol. The zero-order chi connectivity index (χ0) is 13.0. The van der Waals surface area contributed by atoms with Gasteiger partial charge < -0.3 is 16.0 Å². The van der Waals surface area contributed by atoms with Gasteiger partial charge in [0.1, 0.15) is 10.7 Å². The van der Waals surface area contributed by atoms with E-state index in [0.29, 0.717) is 10.0 Å². The lowest BCUT2D eigenvalue weighted by Crippen LogP contribution is -2.26. The van der Waals surface area contributed by atoms with Gasteiger partial charge in [-0.1, -0.05) is 17.3 Å². The van der Waals surface area contributed by atoms with E-state index in [1.807, 2.05) is 13.8 Å². The summed E-state index contributed by atoms with van der Waals surface area (Å²) in [5.74, 6) is 2.45. The average Bonchev–Trinajstić information content (AvgIpc) is 2.57. The number of amides is 1. The van der Waals surface area contributed by atoms with Gasteiger partial charge in [0.05, 0.1) is 6.54 Å². The van der Waals surface area contributed by atoms with E-state index in [4.69, 9.17) is 12.2 Å². The molecule has 1 heterocycles. The van der Waals surface area contributed by atoms with Crippen molar-refractivity contribution in [2.24, 2.45) is 0 Å². The van der Waals surface area contributed by atoms with Gasteiger partial charge in [-0.25, -0.2) is 4.98 Å². The minimum atomic E-state index is -0.199. The summed E-state index contributed by atoms with van der Waals surface area (Å²) < 4.78 is 0. The number of hydrogen-bond acceptors (Lipinski definition) is 5. The van der Waals surface area contributed by atoms with Gasteiger partial charge in [-0.05, 0) is 13.8 Å². The molecule has 0 aliphatic heterocycles. The molecule has 5 nitrogen and oxygen atoms in total. The summed E-state index contributed by atoms with van der Waals surface area (Å²) in [6, 6.07) is 0.243. The van der Waals surface area contributed by atoms with Gasteiger partial charge in [-0.15, -0.1) is 6.42 Å². The molecule has 1 aromatic heterocycles. The molecule has 17 heavy (non-hydrogen) atoms. The van der Waals surface area contributed by atoms with Crippen LogP contribution in [0.2, 0.25) is 0 Å². The van der Waals surface area contributed by atoms with Crippen LogP contribution in [0.4, 0.5) is 10.9 Å². The average molecular weight is 252 g/mol. The Bertz CT molecular complexity index is 447. The molecule has 0 unspecified atom stereocenters. The van der Waals surface area contributed by atoms with E-state index in [1.54, 1.807) is 7.05 Å². The van der Waals surface area contributed by atoms with Crippen LogP contribution in [0, 0.1) is 12.3 Å². The molecule has 1 aromatic rings. The van der Waals surface area contributed by atoms with Gasteiger partial charge in [-0.3, -0.25) is 4.79 Å². The maximum absolute atomic E-state index is 11.9. The molecule has 92 valence electrons. The van der Waals surface area contributed by atoms with Crippen molar-refractivity contribution in [3.8, 4) is 12.3 Å². The molecule has 0 bridgehead atoms. The highest BCUT2D eigenvalue weighted by atomic mass is 32.1. The van der Waals surface area contributed by atoms with Crippen molar-refractivity contribution in [3.05, 3.63) is 4.88 Å². The van der Waals surface area contributed by atoms with Crippen molar-refractivity contribution in [2.75, 3.05) is 24.6 Å². The number of thiazole rings is 1. The molecule has 0 aliphatic rings. The van der Waals surface area contributed by atoms with E-state index in [-0.39, 0.29) is 24.3 Å². The molecular formula is C11H16N4OS. The van der Waals surface area contributed by atoms with Crippen molar-refractivity contribution in [2.45, 2.75) is 19.9 Å². The van der Waals surface area contributed by atoms with Gasteiger partial charge in [0.15, 0.2) is 5.13 Å². The number of nitrogen functional groups attached to an aromatic ring is 1. The molecule has 1 rings (SSSR count). The Morgan fingerprint density at radius 2 is 2.35 bits per heavy atom. The normalized spacial score (nSPS) is 10.1. The highest BCUT2D eigenvalue weighted by molar-refractivity contribution is 7.18. The minimum Gasteiger partial charge on any atom is -0.382 e. The Hall–Kier alpha value is -1.74. The largest absolute Gasteiger partial charge is 0.382 e. The summed E-state index contributed by atoms with van der Waals surface area (Å²) in [7, 11) is 1.64. The second-order valence-electron chi connectivity index (χ2n) is 3.90. The maximum atomic E-state index is 11.9. The van der Waals surface area contributed by atoms with Gasteiger partial charge in [0.25, 0.3) is 5.91 Å². The summed E-state index contributed by atoms with van der Waals surface area (Å²) >= 11 is 1.24. The summed E-state index contributed by atoms with van der Waals surface area (Å²) in [5, 5.41) is 3.76. The Morgan fingerprint density at radius 3 is 2.88 bits per heavy atom. The summed E-state index contributed by atoms with van der Waals surface area (Å²) in [6.45, 7) is 4.23. The number of anilines is 2. The third kappa shape index (κ3) is 3.36. The van der Waals surface area contributed by atoms with Crippen molar-refractivity contribution >= 4 is 28.2 Å². The van der Waals surface area contributed by atoms with Crippen LogP contribution >= 0.6 is 11.3 Å². The number of nitrogens with two attached hydrogens (primary N) is 1. The van der Waals surface area contributed by atoms with Crippen LogP contribution in [0.3, 0.4) is 0 Å². The van der Waals surface area contributed by atoms with Crippen molar-refractivity contribution in [3.63, 3.8) is 0 Å². The summed E-state index contributed by atoms with van der Waals surface area (Å²) in [5.41, 5.74) is 5.71. The number of rotatable bonds is 4. The Kier molecular flexibility index (Phi) is 4.35. The molecule has 1 amide bonds. The van der Waals surface area contributed by atoms with Crippen LogP contribution < -0.4 is 11.1 Å². The maximum Gasteiger partial charge on any atom is 0.268 e. The van der Waals surface area contributed by atoms with Crippen LogP contribution in [0.1, 0.15) is 23.5 Å². The fourth-order valence-electron chi connectivity index (χ4n) is 1.18. The fourth-order valence-corrected chi connectivity index (χ4v) is 2.20. The van der Waals surface area contributed by atoms with Crippen molar-refractivity contribution in [1.29, 1.82) is 0 Å². The Morgan fingerprint density at radius 1 is 1.71 bits per heavy atom. The predicted molar refractivity (Wildman–Crippen MR) is 71.1 cm³/mol.